The molecule has 0 aliphatic heterocycles. The second-order valence-electron chi connectivity index (χ2n) is 2.53. The first-order valence-corrected chi connectivity index (χ1v) is 3.72. The van der Waals surface area contributed by atoms with Crippen LogP contribution in [0, 0.1) is 0 Å². The number of fused-ring (bicyclic) bond motifs is 1. The van der Waals surface area contributed by atoms with Gasteiger partial charge in [-0.15, -0.1) is 0 Å². The minimum absolute atomic E-state index is 0.491. The zero-order chi connectivity index (χ0) is 8.39. The summed E-state index contributed by atoms with van der Waals surface area (Å²) in [5.74, 6) is 0. The summed E-state index contributed by atoms with van der Waals surface area (Å²) in [5, 5.41) is 1.07. The fraction of sp³-hybridized carbons (Fsp3) is 0.222. The van der Waals surface area contributed by atoms with Gasteiger partial charge >= 0.3 is 0 Å². The van der Waals surface area contributed by atoms with E-state index in [1.54, 1.807) is 19.6 Å². The molecule has 0 saturated carbocycles. The van der Waals surface area contributed by atoms with Crippen molar-refractivity contribution in [3.63, 3.8) is 0 Å². The van der Waals surface area contributed by atoms with Crippen LogP contribution in [-0.2, 0) is 11.3 Å². The Labute approximate surface area is 70.0 Å². The second kappa shape index (κ2) is 2.95. The maximum atomic E-state index is 5.26. The van der Waals surface area contributed by atoms with E-state index in [-0.39, 0.29) is 0 Å². The van der Waals surface area contributed by atoms with Gasteiger partial charge in [-0.3, -0.25) is 4.98 Å². The molecule has 2 aromatic heterocycles. The monoisotopic (exact) mass is 163 g/mol. The zero-order valence-electron chi connectivity index (χ0n) is 6.78. The van der Waals surface area contributed by atoms with Gasteiger partial charge < -0.3 is 9.15 Å². The quantitative estimate of drug-likeness (QED) is 0.679. The molecule has 0 bridgehead atoms. The molecular formula is C9H9NO2. The summed E-state index contributed by atoms with van der Waals surface area (Å²) in [6.45, 7) is 0.491. The van der Waals surface area contributed by atoms with Crippen LogP contribution in [0.25, 0.3) is 11.0 Å². The number of aromatic nitrogens is 1. The molecule has 0 saturated heterocycles. The molecule has 62 valence electrons. The minimum atomic E-state index is 0.491. The first-order chi connectivity index (χ1) is 5.92. The highest BCUT2D eigenvalue weighted by molar-refractivity contribution is 5.78. The highest BCUT2D eigenvalue weighted by atomic mass is 16.5. The Morgan fingerprint density at radius 3 is 3.25 bits per heavy atom. The number of methoxy groups -OCH3 is 1. The van der Waals surface area contributed by atoms with E-state index in [2.05, 4.69) is 4.98 Å². The molecule has 0 atom stereocenters. The largest absolute Gasteiger partial charge is 0.462 e. The maximum Gasteiger partial charge on any atom is 0.157 e. The van der Waals surface area contributed by atoms with Crippen molar-refractivity contribution in [3.8, 4) is 0 Å². The Bertz CT molecular complexity index is 381. The summed E-state index contributed by atoms with van der Waals surface area (Å²) in [7, 11) is 1.64. The lowest BCUT2D eigenvalue weighted by molar-refractivity contribution is 0.181. The third kappa shape index (κ3) is 1.08. The number of rotatable bonds is 2. The number of furan rings is 1. The fourth-order valence-electron chi connectivity index (χ4n) is 1.19. The van der Waals surface area contributed by atoms with Crippen LogP contribution in [0.15, 0.2) is 29.0 Å². The molecule has 3 nitrogen and oxygen atoms in total. The molecular weight excluding hydrogens is 154 g/mol. The van der Waals surface area contributed by atoms with Gasteiger partial charge in [0.2, 0.25) is 0 Å². The predicted octanol–water partition coefficient (Wildman–Crippen LogP) is 1.97. The van der Waals surface area contributed by atoms with Crippen molar-refractivity contribution in [2.45, 2.75) is 6.61 Å². The van der Waals surface area contributed by atoms with Gasteiger partial charge in [0.15, 0.2) is 5.58 Å². The first kappa shape index (κ1) is 7.31. The average Bonchev–Trinajstić information content (AvgIpc) is 2.53. The van der Waals surface area contributed by atoms with Crippen molar-refractivity contribution in [2.75, 3.05) is 7.11 Å². The van der Waals surface area contributed by atoms with E-state index in [0.717, 1.165) is 16.7 Å². The van der Waals surface area contributed by atoms with Crippen LogP contribution in [0.4, 0.5) is 0 Å². The Morgan fingerprint density at radius 2 is 2.42 bits per heavy atom. The lowest BCUT2D eigenvalue weighted by atomic mass is 10.3. The number of pyridine rings is 1. The molecule has 0 aliphatic rings. The second-order valence-corrected chi connectivity index (χ2v) is 2.53. The van der Waals surface area contributed by atoms with E-state index >= 15 is 0 Å². The molecule has 2 aromatic rings. The standard InChI is InChI=1S/C9H9NO2/c1-11-6-8-9-7(2-4-10-8)3-5-12-9/h2-5H,6H2,1H3. The summed E-state index contributed by atoms with van der Waals surface area (Å²) in [6.07, 6.45) is 3.41. The van der Waals surface area contributed by atoms with Crippen LogP contribution in [0.2, 0.25) is 0 Å². The van der Waals surface area contributed by atoms with Crippen molar-refractivity contribution >= 4 is 11.0 Å². The average molecular weight is 163 g/mol. The highest BCUT2D eigenvalue weighted by Gasteiger charge is 2.03. The van der Waals surface area contributed by atoms with Crippen LogP contribution >= 0.6 is 0 Å². The molecule has 3 heteroatoms. The molecule has 2 heterocycles. The van der Waals surface area contributed by atoms with Crippen molar-refractivity contribution in [1.82, 2.24) is 4.98 Å². The van der Waals surface area contributed by atoms with E-state index in [4.69, 9.17) is 9.15 Å². The Hall–Kier alpha value is -1.35. The van der Waals surface area contributed by atoms with Gasteiger partial charge in [0.25, 0.3) is 0 Å². The predicted molar refractivity (Wildman–Crippen MR) is 44.7 cm³/mol. The van der Waals surface area contributed by atoms with Crippen LogP contribution in [0.1, 0.15) is 5.69 Å². The molecule has 0 unspecified atom stereocenters. The number of hydrogen-bond acceptors (Lipinski definition) is 3. The van der Waals surface area contributed by atoms with E-state index in [1.165, 1.54) is 0 Å². The van der Waals surface area contributed by atoms with Gasteiger partial charge in [-0.2, -0.15) is 0 Å². The van der Waals surface area contributed by atoms with Crippen molar-refractivity contribution in [2.24, 2.45) is 0 Å². The van der Waals surface area contributed by atoms with Gasteiger partial charge in [0, 0.05) is 18.7 Å². The number of ether oxygens (including phenoxy) is 1. The Kier molecular flexibility index (Phi) is 1.80. The van der Waals surface area contributed by atoms with Gasteiger partial charge in [-0.25, -0.2) is 0 Å². The van der Waals surface area contributed by atoms with Crippen LogP contribution in [0.3, 0.4) is 0 Å². The molecule has 2 rings (SSSR count). The molecule has 0 aliphatic carbocycles. The van der Waals surface area contributed by atoms with E-state index in [9.17, 15) is 0 Å². The summed E-state index contributed by atoms with van der Waals surface area (Å²) < 4.78 is 10.2. The van der Waals surface area contributed by atoms with Crippen LogP contribution in [-0.4, -0.2) is 12.1 Å². The van der Waals surface area contributed by atoms with E-state index in [0.29, 0.717) is 6.61 Å². The lowest BCUT2D eigenvalue weighted by Gasteiger charge is -1.97. The van der Waals surface area contributed by atoms with Gasteiger partial charge in [-0.1, -0.05) is 0 Å². The molecule has 0 fully saturated rings. The van der Waals surface area contributed by atoms with Gasteiger partial charge in [-0.05, 0) is 12.1 Å². The van der Waals surface area contributed by atoms with E-state index < -0.39 is 0 Å². The zero-order valence-corrected chi connectivity index (χ0v) is 6.78. The molecule has 0 aromatic carbocycles. The van der Waals surface area contributed by atoms with E-state index in [1.807, 2.05) is 12.1 Å². The molecule has 0 amide bonds. The SMILES string of the molecule is COCc1nccc2ccoc12. The van der Waals surface area contributed by atoms with Crippen LogP contribution in [0.5, 0.6) is 0 Å². The fourth-order valence-corrected chi connectivity index (χ4v) is 1.19. The minimum Gasteiger partial charge on any atom is -0.462 e. The lowest BCUT2D eigenvalue weighted by Crippen LogP contribution is -1.91. The van der Waals surface area contributed by atoms with Crippen LogP contribution < -0.4 is 0 Å². The number of nitrogens with zero attached hydrogens (tertiary/aromatic N) is 1. The highest BCUT2D eigenvalue weighted by Crippen LogP contribution is 2.17. The van der Waals surface area contributed by atoms with Gasteiger partial charge in [0.1, 0.15) is 5.69 Å². The normalized spacial score (nSPS) is 10.8. The Balaban J connectivity index is 2.57. The van der Waals surface area contributed by atoms with Crippen molar-refractivity contribution < 1.29 is 9.15 Å². The first-order valence-electron chi connectivity index (χ1n) is 3.72. The molecule has 0 radical (unpaired) electrons. The smallest absolute Gasteiger partial charge is 0.157 e. The van der Waals surface area contributed by atoms with Crippen molar-refractivity contribution in [3.05, 3.63) is 30.3 Å². The topological polar surface area (TPSA) is 35.3 Å². The summed E-state index contributed by atoms with van der Waals surface area (Å²) >= 11 is 0. The molecule has 0 N–H and O–H groups in total. The maximum absolute atomic E-state index is 5.26. The van der Waals surface area contributed by atoms with Crippen molar-refractivity contribution in [1.29, 1.82) is 0 Å². The molecule has 12 heavy (non-hydrogen) atoms. The third-order valence-corrected chi connectivity index (χ3v) is 1.72. The molecule has 0 spiro atoms. The Morgan fingerprint density at radius 1 is 1.50 bits per heavy atom. The third-order valence-electron chi connectivity index (χ3n) is 1.72. The number of hydrogen-bond donors (Lipinski definition) is 0. The van der Waals surface area contributed by atoms with Gasteiger partial charge in [0.05, 0.1) is 12.9 Å². The summed E-state index contributed by atoms with van der Waals surface area (Å²) in [4.78, 5) is 4.15. The summed E-state index contributed by atoms with van der Waals surface area (Å²) in [6, 6.07) is 3.83. The summed E-state index contributed by atoms with van der Waals surface area (Å²) in [5.41, 5.74) is 1.67.